The van der Waals surface area contributed by atoms with Crippen molar-refractivity contribution >= 4 is 11.4 Å². The molecule has 0 fully saturated rings. The number of hydrogen-bond acceptors (Lipinski definition) is 3. The summed E-state index contributed by atoms with van der Waals surface area (Å²) in [5, 5.41) is 13.4. The smallest absolute Gasteiger partial charge is 0.272 e. The zero-order valence-electron chi connectivity index (χ0n) is 10.5. The number of nitrogens with zero attached hydrogens (tertiary/aromatic N) is 2. The molecule has 0 bridgehead atoms. The Morgan fingerprint density at radius 2 is 2.21 bits per heavy atom. The lowest BCUT2D eigenvalue weighted by Crippen LogP contribution is -2.01. The Balaban J connectivity index is 2.05. The molecular weight excluding hydrogens is 249 g/mol. The maximum Gasteiger partial charge on any atom is 0.272 e. The molecule has 1 aromatic heterocycles. The van der Waals surface area contributed by atoms with Crippen molar-refractivity contribution in [1.82, 2.24) is 4.57 Å². The Morgan fingerprint density at radius 1 is 1.42 bits per heavy atom. The van der Waals surface area contributed by atoms with Crippen molar-refractivity contribution in [1.29, 1.82) is 0 Å². The third-order valence-electron chi connectivity index (χ3n) is 2.82. The quantitative estimate of drug-likeness (QED) is 0.665. The van der Waals surface area contributed by atoms with E-state index in [-0.39, 0.29) is 11.4 Å². The molecule has 0 aliphatic carbocycles. The molecule has 1 aromatic carbocycles. The van der Waals surface area contributed by atoms with Crippen LogP contribution in [0, 0.1) is 15.9 Å². The summed E-state index contributed by atoms with van der Waals surface area (Å²) in [5.41, 5.74) is 1.04. The molecule has 0 spiro atoms. The van der Waals surface area contributed by atoms with Crippen molar-refractivity contribution in [2.75, 3.05) is 5.32 Å². The van der Waals surface area contributed by atoms with Crippen molar-refractivity contribution in [3.05, 3.63) is 58.2 Å². The van der Waals surface area contributed by atoms with Gasteiger partial charge in [-0.05, 0) is 24.6 Å². The topological polar surface area (TPSA) is 60.1 Å². The van der Waals surface area contributed by atoms with Gasteiger partial charge in [-0.1, -0.05) is 0 Å². The second-order valence-corrected chi connectivity index (χ2v) is 4.13. The first kappa shape index (κ1) is 13.1. The molecule has 2 rings (SSSR count). The highest BCUT2D eigenvalue weighted by molar-refractivity contribution is 5.50. The van der Waals surface area contributed by atoms with Gasteiger partial charge in [0.25, 0.3) is 5.69 Å². The van der Waals surface area contributed by atoms with Gasteiger partial charge in [0.15, 0.2) is 5.82 Å². The second-order valence-electron chi connectivity index (χ2n) is 4.13. The third kappa shape index (κ3) is 3.09. The average Bonchev–Trinajstić information content (AvgIpc) is 2.85. The molecule has 5 nitrogen and oxygen atoms in total. The summed E-state index contributed by atoms with van der Waals surface area (Å²) >= 11 is 0. The van der Waals surface area contributed by atoms with Crippen molar-refractivity contribution in [2.24, 2.45) is 0 Å². The van der Waals surface area contributed by atoms with Crippen LogP contribution in [-0.2, 0) is 13.1 Å². The Bertz CT molecular complexity index is 595. The fourth-order valence-corrected chi connectivity index (χ4v) is 1.75. The number of rotatable bonds is 5. The van der Waals surface area contributed by atoms with Gasteiger partial charge < -0.3 is 9.88 Å². The maximum atomic E-state index is 13.6. The van der Waals surface area contributed by atoms with Crippen LogP contribution in [0.3, 0.4) is 0 Å². The van der Waals surface area contributed by atoms with Crippen molar-refractivity contribution in [3.63, 3.8) is 0 Å². The van der Waals surface area contributed by atoms with Crippen LogP contribution in [0.4, 0.5) is 15.8 Å². The Morgan fingerprint density at radius 3 is 2.79 bits per heavy atom. The van der Waals surface area contributed by atoms with E-state index in [0.29, 0.717) is 6.54 Å². The zero-order valence-corrected chi connectivity index (χ0v) is 10.5. The molecule has 0 saturated heterocycles. The van der Waals surface area contributed by atoms with Crippen molar-refractivity contribution in [3.8, 4) is 0 Å². The van der Waals surface area contributed by atoms with E-state index in [1.165, 1.54) is 12.1 Å². The molecule has 6 heteroatoms. The summed E-state index contributed by atoms with van der Waals surface area (Å²) in [4.78, 5) is 9.88. The van der Waals surface area contributed by atoms with E-state index in [1.807, 2.05) is 30.0 Å². The van der Waals surface area contributed by atoms with E-state index in [9.17, 15) is 14.5 Å². The molecule has 0 aliphatic rings. The molecule has 2 aromatic rings. The molecule has 100 valence electrons. The lowest BCUT2D eigenvalue weighted by Gasteiger charge is -2.06. The van der Waals surface area contributed by atoms with Gasteiger partial charge in [-0.3, -0.25) is 10.1 Å². The summed E-state index contributed by atoms with van der Waals surface area (Å²) < 4.78 is 15.6. The molecule has 19 heavy (non-hydrogen) atoms. The number of hydrogen-bond donors (Lipinski definition) is 1. The van der Waals surface area contributed by atoms with Gasteiger partial charge in [0.05, 0.1) is 16.7 Å². The minimum absolute atomic E-state index is 0.250. The monoisotopic (exact) mass is 263 g/mol. The van der Waals surface area contributed by atoms with Crippen LogP contribution in [0.2, 0.25) is 0 Å². The van der Waals surface area contributed by atoms with Gasteiger partial charge in [-0.2, -0.15) is 0 Å². The highest BCUT2D eigenvalue weighted by Gasteiger charge is 2.10. The minimum Gasteiger partial charge on any atom is -0.379 e. The first-order valence-corrected chi connectivity index (χ1v) is 5.92. The van der Waals surface area contributed by atoms with Gasteiger partial charge in [-0.25, -0.2) is 4.39 Å². The van der Waals surface area contributed by atoms with Crippen LogP contribution in [-0.4, -0.2) is 9.49 Å². The fourth-order valence-electron chi connectivity index (χ4n) is 1.75. The summed E-state index contributed by atoms with van der Waals surface area (Å²) in [6, 6.07) is 5.52. The molecular formula is C13H14FN3O2. The maximum absolute atomic E-state index is 13.6. The summed E-state index contributed by atoms with van der Waals surface area (Å²) in [5.74, 6) is -0.621. The van der Waals surface area contributed by atoms with Crippen LogP contribution in [0.5, 0.6) is 0 Å². The molecule has 1 heterocycles. The van der Waals surface area contributed by atoms with Crippen molar-refractivity contribution < 1.29 is 9.31 Å². The molecule has 0 atom stereocenters. The molecule has 0 saturated carbocycles. The Kier molecular flexibility index (Phi) is 3.79. The number of nitro benzene ring substituents is 1. The van der Waals surface area contributed by atoms with Crippen LogP contribution >= 0.6 is 0 Å². The summed E-state index contributed by atoms with van der Waals surface area (Å²) in [6.45, 7) is 3.39. The summed E-state index contributed by atoms with van der Waals surface area (Å²) in [7, 11) is 0. The van der Waals surface area contributed by atoms with Crippen LogP contribution in [0.25, 0.3) is 0 Å². The normalized spacial score (nSPS) is 10.4. The Labute approximate surface area is 109 Å². The van der Waals surface area contributed by atoms with Gasteiger partial charge in [-0.15, -0.1) is 0 Å². The number of aryl methyl sites for hydroxylation is 1. The largest absolute Gasteiger partial charge is 0.379 e. The van der Waals surface area contributed by atoms with Gasteiger partial charge in [0.1, 0.15) is 0 Å². The SMILES string of the molecule is CCn1ccc(CNc2ccc([N+](=O)[O-])cc2F)c1. The Hall–Kier alpha value is -2.37. The van der Waals surface area contributed by atoms with E-state index in [1.54, 1.807) is 0 Å². The van der Waals surface area contributed by atoms with Crippen molar-refractivity contribution in [2.45, 2.75) is 20.0 Å². The predicted molar refractivity (Wildman–Crippen MR) is 70.5 cm³/mol. The highest BCUT2D eigenvalue weighted by Crippen LogP contribution is 2.21. The predicted octanol–water partition coefficient (Wildman–Crippen LogP) is 3.17. The minimum atomic E-state index is -0.621. The number of aromatic nitrogens is 1. The lowest BCUT2D eigenvalue weighted by atomic mass is 10.2. The van der Waals surface area contributed by atoms with Gasteiger partial charge >= 0.3 is 0 Å². The summed E-state index contributed by atoms with van der Waals surface area (Å²) in [6.07, 6.45) is 3.92. The standard InChI is InChI=1S/C13H14FN3O2/c1-2-16-6-5-10(9-16)8-15-13-4-3-11(17(18)19)7-12(13)14/h3-7,9,15H,2,8H2,1H3. The molecule has 0 unspecified atom stereocenters. The number of halogens is 1. The van der Waals surface area contributed by atoms with Gasteiger partial charge in [0, 0.05) is 31.5 Å². The molecule has 0 radical (unpaired) electrons. The lowest BCUT2D eigenvalue weighted by molar-refractivity contribution is -0.385. The number of nitrogens with one attached hydrogen (secondary N) is 1. The molecule has 0 amide bonds. The van der Waals surface area contributed by atoms with E-state index < -0.39 is 10.7 Å². The highest BCUT2D eigenvalue weighted by atomic mass is 19.1. The number of benzene rings is 1. The number of nitro groups is 1. The van der Waals surface area contributed by atoms with Crippen LogP contribution in [0.1, 0.15) is 12.5 Å². The van der Waals surface area contributed by atoms with Gasteiger partial charge in [0.2, 0.25) is 0 Å². The third-order valence-corrected chi connectivity index (χ3v) is 2.82. The second kappa shape index (κ2) is 5.51. The number of non-ortho nitro benzene ring substituents is 1. The first-order chi connectivity index (χ1) is 9.10. The number of anilines is 1. The van der Waals surface area contributed by atoms with E-state index in [4.69, 9.17) is 0 Å². The van der Waals surface area contributed by atoms with E-state index in [2.05, 4.69) is 5.32 Å². The first-order valence-electron chi connectivity index (χ1n) is 5.92. The van der Waals surface area contributed by atoms with Crippen LogP contribution in [0.15, 0.2) is 36.7 Å². The zero-order chi connectivity index (χ0) is 13.8. The molecule has 1 N–H and O–H groups in total. The average molecular weight is 263 g/mol. The van der Waals surface area contributed by atoms with E-state index in [0.717, 1.165) is 18.2 Å². The van der Waals surface area contributed by atoms with Crippen LogP contribution < -0.4 is 5.32 Å². The molecule has 0 aliphatic heterocycles. The fraction of sp³-hybridized carbons (Fsp3) is 0.231. The van der Waals surface area contributed by atoms with E-state index >= 15 is 0 Å².